The Balaban J connectivity index is 3.58. The number of thioether (sulfide) groups is 1. The fourth-order valence-electron chi connectivity index (χ4n) is 10.3. The molecule has 48 heteroatoms. The van der Waals surface area contributed by atoms with Crippen LogP contribution >= 0.6 is 11.8 Å². The number of carbonyl (C=O) groups is 20. The quantitative estimate of drug-likeness (QED) is 0.0153. The molecule has 628 valence electrons. The Labute approximate surface area is 645 Å². The van der Waals surface area contributed by atoms with Gasteiger partial charge in [0.25, 0.3) is 0 Å². The van der Waals surface area contributed by atoms with E-state index in [1.165, 1.54) is 11.8 Å². The first kappa shape index (κ1) is 98.6. The molecular formula is C64H105N21O26S. The summed E-state index contributed by atoms with van der Waals surface area (Å²) >= 11 is 1.36. The molecule has 0 saturated carbocycles. The molecule has 0 aromatic heterocycles. The lowest BCUT2D eigenvalue weighted by atomic mass is 10.0. The van der Waals surface area contributed by atoms with Crippen LogP contribution in [0.25, 0.3) is 0 Å². The SMILES string of the molecule is CSCC[C@H](N)C(=O)N[C@@H](CCC(=O)O)C(=O)N[C@@H](CC(N)=O)C(=O)N[C@@H](C)C(=O)N[C@H](C(=O)N[C@@H](CCC(=O)O)C(=O)N[C@H](C(=O)N[C@@H](CCCN=C(N)N)C(=O)N[C@@H](C)C(=O)N[C@@H](CC(N)=O)C(=O)N[C@@H](CCCCNC(=O)[C@@H]1N=CC[C@H]1C)C(=O)N[C@@H](CC(N)=O)C(=O)N[C@@H](CCC(=O)O)C(=O)O)[C@@H](C)O)[C@@H](C)O. The molecular weight excluding hydrogens is 1510 g/mol. The van der Waals surface area contributed by atoms with Crippen LogP contribution in [0.5, 0.6) is 0 Å². The molecule has 1 aliphatic heterocycles. The van der Waals surface area contributed by atoms with Gasteiger partial charge in [0.1, 0.15) is 78.5 Å². The molecule has 0 aromatic carbocycles. The zero-order chi connectivity index (χ0) is 85.4. The zero-order valence-corrected chi connectivity index (χ0v) is 63.3. The molecule has 0 aromatic rings. The molecule has 0 saturated heterocycles. The van der Waals surface area contributed by atoms with Gasteiger partial charge < -0.3 is 134 Å². The number of aliphatic hydroxyl groups excluding tert-OH is 2. The first-order chi connectivity index (χ1) is 52.3. The first-order valence-corrected chi connectivity index (χ1v) is 36.5. The van der Waals surface area contributed by atoms with Gasteiger partial charge in [0, 0.05) is 38.6 Å². The fraction of sp³-hybridized carbons (Fsp3) is 0.656. The maximum Gasteiger partial charge on any atom is 0.326 e. The Morgan fingerprint density at radius 2 is 0.777 bits per heavy atom. The maximum absolute atomic E-state index is 14.2. The Morgan fingerprint density at radius 3 is 1.17 bits per heavy atom. The van der Waals surface area contributed by atoms with E-state index in [0.717, 1.165) is 27.7 Å². The number of nitrogens with zero attached hydrogens (tertiary/aromatic N) is 2. The number of nitrogens with one attached hydrogen (secondary N) is 13. The Bertz CT molecular complexity index is 3430. The minimum atomic E-state index is -2.11. The topological polar surface area (TPSA) is 800 Å². The number of hydrogen-bond donors (Lipinski definition) is 25. The van der Waals surface area contributed by atoms with Gasteiger partial charge in [-0.2, -0.15) is 11.8 Å². The number of unbranched alkanes of at least 4 members (excludes halogenated alkanes) is 1. The second kappa shape index (κ2) is 50.4. The van der Waals surface area contributed by atoms with Gasteiger partial charge in [-0.25, -0.2) is 4.79 Å². The van der Waals surface area contributed by atoms with Gasteiger partial charge in [-0.05, 0) is 110 Å². The van der Waals surface area contributed by atoms with Crippen LogP contribution in [0.15, 0.2) is 9.98 Å². The monoisotopic (exact) mass is 1620 g/mol. The summed E-state index contributed by atoms with van der Waals surface area (Å²) in [6.45, 7) is 5.64. The van der Waals surface area contributed by atoms with Crippen LogP contribution < -0.4 is 104 Å². The van der Waals surface area contributed by atoms with Crippen LogP contribution in [0.1, 0.15) is 137 Å². The average molecular weight is 1620 g/mol. The lowest BCUT2D eigenvalue weighted by molar-refractivity contribution is -0.144. The van der Waals surface area contributed by atoms with Crippen molar-refractivity contribution in [2.45, 2.75) is 234 Å². The third-order valence-electron chi connectivity index (χ3n) is 16.5. The third-order valence-corrected chi connectivity index (χ3v) is 17.2. The van der Waals surface area contributed by atoms with Gasteiger partial charge in [-0.15, -0.1) is 0 Å². The molecule has 0 fully saturated rings. The Morgan fingerprint density at radius 1 is 0.438 bits per heavy atom. The molecule has 112 heavy (non-hydrogen) atoms. The average Bonchev–Trinajstić information content (AvgIpc) is 1.06. The van der Waals surface area contributed by atoms with Crippen LogP contribution in [0.4, 0.5) is 0 Å². The molecule has 1 aliphatic rings. The van der Waals surface area contributed by atoms with Gasteiger partial charge >= 0.3 is 23.9 Å². The van der Waals surface area contributed by atoms with Gasteiger partial charge in [-0.1, -0.05) is 6.92 Å². The number of nitrogens with two attached hydrogens (primary N) is 6. The number of primary amides is 3. The molecule has 0 bridgehead atoms. The second-order valence-electron chi connectivity index (χ2n) is 26.2. The minimum Gasteiger partial charge on any atom is -0.481 e. The van der Waals surface area contributed by atoms with Crippen molar-refractivity contribution in [3.63, 3.8) is 0 Å². The van der Waals surface area contributed by atoms with Crippen molar-refractivity contribution < 1.29 is 127 Å². The van der Waals surface area contributed by atoms with E-state index < -0.39 is 285 Å². The van der Waals surface area contributed by atoms with E-state index in [-0.39, 0.29) is 51.1 Å². The number of amides is 16. The predicted octanol–water partition coefficient (Wildman–Crippen LogP) is -11.2. The number of carboxylic acids is 4. The number of guanidine groups is 1. The summed E-state index contributed by atoms with van der Waals surface area (Å²) in [6, 6.07) is -24.3. The Hall–Kier alpha value is -11.4. The van der Waals surface area contributed by atoms with Crippen molar-refractivity contribution in [2.75, 3.05) is 25.1 Å². The molecule has 47 nitrogen and oxygen atoms in total. The number of hydrogen-bond acceptors (Lipinski definition) is 26. The van der Waals surface area contributed by atoms with Crippen molar-refractivity contribution in [1.82, 2.24) is 69.1 Å². The van der Waals surface area contributed by atoms with Gasteiger partial charge in [0.05, 0.1) is 37.5 Å². The predicted molar refractivity (Wildman–Crippen MR) is 391 cm³/mol. The largest absolute Gasteiger partial charge is 0.481 e. The highest BCUT2D eigenvalue weighted by Gasteiger charge is 2.39. The van der Waals surface area contributed by atoms with Crippen molar-refractivity contribution >= 4 is 142 Å². The summed E-state index contributed by atoms with van der Waals surface area (Å²) in [5.74, 6) is -25.2. The van der Waals surface area contributed by atoms with Crippen molar-refractivity contribution in [1.29, 1.82) is 0 Å². The Kier molecular flexibility index (Phi) is 44.3. The highest BCUT2D eigenvalue weighted by molar-refractivity contribution is 7.98. The van der Waals surface area contributed by atoms with Crippen molar-refractivity contribution in [3.8, 4) is 0 Å². The van der Waals surface area contributed by atoms with Crippen LogP contribution in [0, 0.1) is 5.92 Å². The highest BCUT2D eigenvalue weighted by Crippen LogP contribution is 2.17. The molecule has 16 amide bonds. The van der Waals surface area contributed by atoms with E-state index >= 15 is 0 Å². The maximum atomic E-state index is 14.2. The van der Waals surface area contributed by atoms with Crippen molar-refractivity contribution in [3.05, 3.63) is 0 Å². The van der Waals surface area contributed by atoms with E-state index in [1.54, 1.807) is 12.5 Å². The summed E-state index contributed by atoms with van der Waals surface area (Å²) in [5, 5.41) is 88.4. The van der Waals surface area contributed by atoms with Crippen molar-refractivity contribution in [2.24, 2.45) is 50.3 Å². The summed E-state index contributed by atoms with van der Waals surface area (Å²) in [4.78, 5) is 269. The molecule has 0 spiro atoms. The molecule has 31 N–H and O–H groups in total. The highest BCUT2D eigenvalue weighted by atomic mass is 32.2. The zero-order valence-electron chi connectivity index (χ0n) is 62.4. The molecule has 0 aliphatic carbocycles. The van der Waals surface area contributed by atoms with Gasteiger partial charge in [0.15, 0.2) is 5.96 Å². The second-order valence-corrected chi connectivity index (χ2v) is 27.1. The number of aliphatic hydroxyl groups is 2. The fourth-order valence-corrected chi connectivity index (χ4v) is 10.8. The first-order valence-electron chi connectivity index (χ1n) is 35.1. The molecule has 0 unspecified atom stereocenters. The normalized spacial score (nSPS) is 16.8. The standard InChI is InChI=1S/C64H105N21O26S/c1-27-18-22-71-47(27)60(107)72-20-8-7-10-33(54(101)83-40(26-43(68)90)59(106)80-37(63(110)111)14-17-46(95)96)77-58(105)39(25-42(67)89)81-50(97)28(2)74-53(100)34(11-9-21-73-64(69)70)78-62(109)49(31(5)87)85-56(103)36(13-16-45(93)94)79-61(108)48(30(4)86)84-51(98)29(3)75-57(104)38(24-41(66)88)82-55(102)35(12-15-44(91)92)76-52(99)32(65)19-23-112-6/h22,27-40,47-49,86-87H,7-21,23-26,65H2,1-6H3,(H2,66,88)(H2,67,89)(H2,68,90)(H,72,107)(H,74,100)(H,75,104)(H,76,99)(H,77,105)(H,78,109)(H,79,108)(H,80,106)(H,81,97)(H,82,102)(H,83,101)(H,84,98)(H,85,103)(H,91,92)(H,93,94)(H,95,96)(H,110,111)(H4,69,70,73)/t27-,28+,29+,30-,31-,32+,33+,34+,35+,36+,37+,38+,39+,40+,47-,48+,49+/m1/s1. The van der Waals surface area contributed by atoms with Gasteiger partial charge in [-0.3, -0.25) is 101 Å². The molecule has 1 heterocycles. The van der Waals surface area contributed by atoms with Crippen LogP contribution in [-0.2, 0) is 95.9 Å². The summed E-state index contributed by atoms with van der Waals surface area (Å²) in [7, 11) is 0. The molecule has 1 rings (SSSR count). The smallest absolute Gasteiger partial charge is 0.326 e. The molecule has 0 radical (unpaired) electrons. The third kappa shape index (κ3) is 38.3. The van der Waals surface area contributed by atoms with E-state index in [4.69, 9.17) is 39.5 Å². The van der Waals surface area contributed by atoms with Crippen LogP contribution in [0.3, 0.4) is 0 Å². The lowest BCUT2D eigenvalue weighted by Gasteiger charge is -2.29. The summed E-state index contributed by atoms with van der Waals surface area (Å²) < 4.78 is 0. The van der Waals surface area contributed by atoms with E-state index in [2.05, 4.69) is 73.8 Å². The number of carboxylic acid groups (broad SMARTS) is 4. The minimum absolute atomic E-state index is 0.00843. The summed E-state index contributed by atoms with van der Waals surface area (Å²) in [6.07, 6.45) is -7.69. The number of aliphatic carboxylic acids is 4. The number of aliphatic imine (C=N–C) groups is 2. The number of rotatable bonds is 55. The van der Waals surface area contributed by atoms with E-state index in [0.29, 0.717) is 12.2 Å². The van der Waals surface area contributed by atoms with E-state index in [9.17, 15) is 121 Å². The lowest BCUT2D eigenvalue weighted by Crippen LogP contribution is -2.63. The van der Waals surface area contributed by atoms with Gasteiger partial charge in [0.2, 0.25) is 94.5 Å². The van der Waals surface area contributed by atoms with Crippen LogP contribution in [-0.4, -0.2) is 283 Å². The number of carbonyl (C=O) groups excluding carboxylic acids is 16. The van der Waals surface area contributed by atoms with E-state index in [1.807, 2.05) is 12.2 Å². The summed E-state index contributed by atoms with van der Waals surface area (Å²) in [5.41, 5.74) is 33.0. The van der Waals surface area contributed by atoms with Crippen LogP contribution in [0.2, 0.25) is 0 Å². The molecule has 17 atom stereocenters.